The summed E-state index contributed by atoms with van der Waals surface area (Å²) in [4.78, 5) is 0. The summed E-state index contributed by atoms with van der Waals surface area (Å²) in [5.41, 5.74) is 4.22. The number of aromatic nitrogens is 5. The third-order valence-corrected chi connectivity index (χ3v) is 5.76. The Morgan fingerprint density at radius 2 is 1.96 bits per heavy atom. The van der Waals surface area contributed by atoms with E-state index in [9.17, 15) is 0 Å². The Hall–Kier alpha value is -2.70. The third kappa shape index (κ3) is 2.89. The summed E-state index contributed by atoms with van der Waals surface area (Å²) in [5, 5.41) is 18.9. The zero-order chi connectivity index (χ0) is 19.1. The Balaban J connectivity index is 1.72. The molecular formula is C21H21ClN6. The Morgan fingerprint density at radius 1 is 1.11 bits per heavy atom. The number of rotatable bonds is 4. The van der Waals surface area contributed by atoms with Crippen LogP contribution in [0, 0.1) is 0 Å². The van der Waals surface area contributed by atoms with Crippen molar-refractivity contribution in [3.05, 3.63) is 53.7 Å². The number of halogens is 1. The molecule has 0 unspecified atom stereocenters. The molecule has 0 radical (unpaired) electrons. The maximum absolute atomic E-state index is 6.90. The van der Waals surface area contributed by atoms with Crippen molar-refractivity contribution in [2.45, 2.75) is 25.4 Å². The highest BCUT2D eigenvalue weighted by Crippen LogP contribution is 2.37. The van der Waals surface area contributed by atoms with E-state index >= 15 is 0 Å². The molecule has 6 nitrogen and oxygen atoms in total. The number of fused-ring (bicyclic) bond motifs is 1. The second-order valence-corrected chi connectivity index (χ2v) is 7.63. The molecule has 1 saturated heterocycles. The molecule has 1 aliphatic heterocycles. The monoisotopic (exact) mass is 392 g/mol. The van der Waals surface area contributed by atoms with Gasteiger partial charge in [0.15, 0.2) is 5.65 Å². The normalized spacial score (nSPS) is 16.9. The Morgan fingerprint density at radius 3 is 2.68 bits per heavy atom. The summed E-state index contributed by atoms with van der Waals surface area (Å²) < 4.78 is 4.01. The second kappa shape index (κ2) is 7.04. The molecule has 4 heterocycles. The fourth-order valence-electron chi connectivity index (χ4n) is 3.93. The van der Waals surface area contributed by atoms with Gasteiger partial charge in [0.05, 0.1) is 22.6 Å². The van der Waals surface area contributed by atoms with Crippen LogP contribution in [0.15, 0.2) is 48.7 Å². The van der Waals surface area contributed by atoms with Gasteiger partial charge in [-0.15, -0.1) is 10.2 Å². The molecule has 1 atom stereocenters. The lowest BCUT2D eigenvalue weighted by atomic mass is 10.1. The van der Waals surface area contributed by atoms with Gasteiger partial charge < -0.3 is 9.88 Å². The van der Waals surface area contributed by atoms with Crippen LogP contribution in [0.1, 0.15) is 12.8 Å². The molecule has 1 aliphatic rings. The number of hydrogen-bond donors (Lipinski definition) is 1. The first-order chi connectivity index (χ1) is 13.7. The number of hydrogen-bond acceptors (Lipinski definition) is 4. The molecule has 1 aromatic carbocycles. The van der Waals surface area contributed by atoms with E-state index in [1.807, 2.05) is 54.3 Å². The third-order valence-electron chi connectivity index (χ3n) is 5.39. The fourth-order valence-corrected chi connectivity index (χ4v) is 4.25. The van der Waals surface area contributed by atoms with E-state index < -0.39 is 0 Å². The van der Waals surface area contributed by atoms with Crippen molar-refractivity contribution in [3.8, 4) is 22.6 Å². The van der Waals surface area contributed by atoms with Crippen molar-refractivity contribution in [1.29, 1.82) is 0 Å². The zero-order valence-electron chi connectivity index (χ0n) is 15.6. The van der Waals surface area contributed by atoms with Gasteiger partial charge in [-0.05, 0) is 31.5 Å². The van der Waals surface area contributed by atoms with Gasteiger partial charge in [0, 0.05) is 24.8 Å². The summed E-state index contributed by atoms with van der Waals surface area (Å²) >= 11 is 6.90. The minimum absolute atomic E-state index is 0.402. The van der Waals surface area contributed by atoms with Crippen LogP contribution in [0.3, 0.4) is 0 Å². The van der Waals surface area contributed by atoms with Gasteiger partial charge in [-0.2, -0.15) is 5.10 Å². The van der Waals surface area contributed by atoms with Crippen molar-refractivity contribution in [1.82, 2.24) is 29.9 Å². The van der Waals surface area contributed by atoms with Crippen LogP contribution in [0.25, 0.3) is 33.7 Å². The predicted molar refractivity (Wildman–Crippen MR) is 111 cm³/mol. The van der Waals surface area contributed by atoms with Crippen molar-refractivity contribution in [3.63, 3.8) is 0 Å². The molecule has 3 aromatic heterocycles. The Kier molecular flexibility index (Phi) is 4.37. The van der Waals surface area contributed by atoms with E-state index in [0.717, 1.165) is 47.5 Å². The Bertz CT molecular complexity index is 1120. The van der Waals surface area contributed by atoms with Crippen LogP contribution in [0.2, 0.25) is 5.02 Å². The van der Waals surface area contributed by atoms with Crippen molar-refractivity contribution in [2.24, 2.45) is 7.05 Å². The highest BCUT2D eigenvalue weighted by Gasteiger charge is 2.24. The van der Waals surface area contributed by atoms with Crippen LogP contribution in [-0.2, 0) is 13.6 Å². The summed E-state index contributed by atoms with van der Waals surface area (Å²) in [6, 6.07) is 14.4. The van der Waals surface area contributed by atoms with E-state index in [-0.39, 0.29) is 0 Å². The second-order valence-electron chi connectivity index (χ2n) is 7.26. The molecule has 28 heavy (non-hydrogen) atoms. The van der Waals surface area contributed by atoms with Gasteiger partial charge in [0.1, 0.15) is 11.4 Å². The number of benzene rings is 1. The molecule has 0 bridgehead atoms. The van der Waals surface area contributed by atoms with Crippen molar-refractivity contribution < 1.29 is 0 Å². The lowest BCUT2D eigenvalue weighted by Crippen LogP contribution is -2.27. The van der Waals surface area contributed by atoms with E-state index in [2.05, 4.69) is 26.1 Å². The molecule has 4 aromatic rings. The molecule has 0 aliphatic carbocycles. The highest BCUT2D eigenvalue weighted by atomic mass is 35.5. The first-order valence-corrected chi connectivity index (χ1v) is 9.93. The average molecular weight is 393 g/mol. The van der Waals surface area contributed by atoms with E-state index in [1.54, 1.807) is 0 Å². The molecule has 1 N–H and O–H groups in total. The lowest BCUT2D eigenvalue weighted by molar-refractivity contribution is 0.484. The molecule has 0 saturated carbocycles. The molecule has 0 spiro atoms. The van der Waals surface area contributed by atoms with Gasteiger partial charge in [-0.3, -0.25) is 0 Å². The predicted octanol–water partition coefficient (Wildman–Crippen LogP) is 3.90. The van der Waals surface area contributed by atoms with Crippen LogP contribution in [0.5, 0.6) is 0 Å². The Labute approximate surface area is 168 Å². The smallest absolute Gasteiger partial charge is 0.182 e. The molecular weight excluding hydrogens is 372 g/mol. The molecule has 7 heteroatoms. The van der Waals surface area contributed by atoms with Crippen molar-refractivity contribution in [2.75, 3.05) is 6.54 Å². The van der Waals surface area contributed by atoms with Gasteiger partial charge in [-0.25, -0.2) is 4.68 Å². The molecule has 142 valence electrons. The van der Waals surface area contributed by atoms with Crippen LogP contribution in [-0.4, -0.2) is 37.1 Å². The number of nitrogens with zero attached hydrogens (tertiary/aromatic N) is 5. The quantitative estimate of drug-likeness (QED) is 0.572. The standard InChI is InChI=1S/C21H21ClN6/c1-27-12-6-10-16(27)20-17-18(22)19(14-7-3-2-4-8-14)24-25-21(17)28(26-20)13-15-9-5-11-23-15/h2-4,6-8,10,12,15,23H,5,9,11,13H2,1H3/t15-/m0/s1. The van der Waals surface area contributed by atoms with E-state index in [4.69, 9.17) is 16.7 Å². The van der Waals surface area contributed by atoms with Crippen LogP contribution < -0.4 is 5.32 Å². The maximum atomic E-state index is 6.90. The van der Waals surface area contributed by atoms with E-state index in [1.165, 1.54) is 6.42 Å². The van der Waals surface area contributed by atoms with Crippen molar-refractivity contribution >= 4 is 22.6 Å². The maximum Gasteiger partial charge on any atom is 0.182 e. The average Bonchev–Trinajstić information content (AvgIpc) is 3.44. The number of aryl methyl sites for hydroxylation is 1. The number of nitrogens with one attached hydrogen (secondary N) is 1. The SMILES string of the molecule is Cn1cccc1-c1nn(C[C@@H]2CCCN2)c2nnc(-c3ccccc3)c(Cl)c12. The first kappa shape index (κ1) is 17.4. The van der Waals surface area contributed by atoms with Crippen LogP contribution in [0.4, 0.5) is 0 Å². The van der Waals surface area contributed by atoms with Gasteiger partial charge in [-0.1, -0.05) is 41.9 Å². The molecule has 0 amide bonds. The van der Waals surface area contributed by atoms with Gasteiger partial charge >= 0.3 is 0 Å². The summed E-state index contributed by atoms with van der Waals surface area (Å²) in [5.74, 6) is 0. The minimum atomic E-state index is 0.402. The van der Waals surface area contributed by atoms with E-state index in [0.29, 0.717) is 16.8 Å². The summed E-state index contributed by atoms with van der Waals surface area (Å²) in [6.07, 6.45) is 4.35. The zero-order valence-corrected chi connectivity index (χ0v) is 16.4. The lowest BCUT2D eigenvalue weighted by Gasteiger charge is -2.10. The molecule has 1 fully saturated rings. The minimum Gasteiger partial charge on any atom is -0.349 e. The van der Waals surface area contributed by atoms with Gasteiger partial charge in [0.25, 0.3) is 0 Å². The topological polar surface area (TPSA) is 60.6 Å². The highest BCUT2D eigenvalue weighted by molar-refractivity contribution is 6.38. The van der Waals surface area contributed by atoms with Crippen LogP contribution >= 0.6 is 11.6 Å². The first-order valence-electron chi connectivity index (χ1n) is 9.55. The molecule has 5 rings (SSSR count). The summed E-state index contributed by atoms with van der Waals surface area (Å²) in [7, 11) is 2.01. The fraction of sp³-hybridized carbons (Fsp3) is 0.286. The van der Waals surface area contributed by atoms with Gasteiger partial charge in [0.2, 0.25) is 0 Å². The largest absolute Gasteiger partial charge is 0.349 e. The summed E-state index contributed by atoms with van der Waals surface area (Å²) in [6.45, 7) is 1.82.